The molecule has 0 aliphatic rings. The van der Waals surface area contributed by atoms with Crippen molar-refractivity contribution in [3.63, 3.8) is 0 Å². The number of hydrogen-bond acceptors (Lipinski definition) is 6. The minimum absolute atomic E-state index is 0.227. The van der Waals surface area contributed by atoms with E-state index in [-0.39, 0.29) is 11.9 Å². The van der Waals surface area contributed by atoms with Crippen LogP contribution >= 0.6 is 0 Å². The van der Waals surface area contributed by atoms with Gasteiger partial charge in [-0.2, -0.15) is 4.98 Å². The Kier molecular flexibility index (Phi) is 5.25. The van der Waals surface area contributed by atoms with Crippen LogP contribution in [0.5, 0.6) is 0 Å². The second kappa shape index (κ2) is 7.40. The van der Waals surface area contributed by atoms with E-state index in [1.54, 1.807) is 0 Å². The quantitative estimate of drug-likeness (QED) is 0.772. The summed E-state index contributed by atoms with van der Waals surface area (Å²) >= 11 is 0. The summed E-state index contributed by atoms with van der Waals surface area (Å²) in [5.41, 5.74) is 0.979. The lowest BCUT2D eigenvalue weighted by atomic mass is 10.2. The van der Waals surface area contributed by atoms with Crippen molar-refractivity contribution in [1.29, 1.82) is 0 Å². The van der Waals surface area contributed by atoms with Crippen molar-refractivity contribution in [1.82, 2.24) is 15.5 Å². The molecule has 0 aliphatic heterocycles. The van der Waals surface area contributed by atoms with E-state index in [0.717, 1.165) is 5.56 Å². The number of benzene rings is 1. The zero-order valence-electron chi connectivity index (χ0n) is 11.3. The Morgan fingerprint density at radius 3 is 2.90 bits per heavy atom. The van der Waals surface area contributed by atoms with Crippen LogP contribution in [0.4, 0.5) is 0 Å². The number of ether oxygens (including phenoxy) is 1. The van der Waals surface area contributed by atoms with Crippen molar-refractivity contribution in [2.75, 3.05) is 6.54 Å². The van der Waals surface area contributed by atoms with E-state index < -0.39 is 0 Å². The number of rotatable bonds is 7. The second-order valence-electron chi connectivity index (χ2n) is 4.47. The molecule has 0 spiro atoms. The van der Waals surface area contributed by atoms with Gasteiger partial charge in [0.25, 0.3) is 0 Å². The molecule has 2 rings (SSSR count). The third-order valence-corrected chi connectivity index (χ3v) is 2.77. The third-order valence-electron chi connectivity index (χ3n) is 2.77. The molecule has 0 bridgehead atoms. The highest BCUT2D eigenvalue weighted by Crippen LogP contribution is 2.04. The molecule has 1 atom stereocenters. The fourth-order valence-electron chi connectivity index (χ4n) is 1.63. The van der Waals surface area contributed by atoms with Gasteiger partial charge in [0.15, 0.2) is 5.82 Å². The van der Waals surface area contributed by atoms with Crippen LogP contribution in [-0.4, -0.2) is 22.7 Å². The molecule has 20 heavy (non-hydrogen) atoms. The van der Waals surface area contributed by atoms with E-state index in [2.05, 4.69) is 20.0 Å². The predicted octanol–water partition coefficient (Wildman–Crippen LogP) is 1.54. The number of esters is 1. The fraction of sp³-hybridized carbons (Fsp3) is 0.357. The molecule has 0 amide bonds. The van der Waals surface area contributed by atoms with Crippen molar-refractivity contribution >= 4 is 5.97 Å². The number of carbonyl (C=O) groups is 1. The first-order valence-corrected chi connectivity index (χ1v) is 6.42. The van der Waals surface area contributed by atoms with Crippen LogP contribution in [0.3, 0.4) is 0 Å². The summed E-state index contributed by atoms with van der Waals surface area (Å²) in [5.74, 6) is 0.106. The molecular weight excluding hydrogens is 258 g/mol. The van der Waals surface area contributed by atoms with Crippen LogP contribution in [0.1, 0.15) is 18.3 Å². The van der Waals surface area contributed by atoms with E-state index in [0.29, 0.717) is 25.5 Å². The van der Waals surface area contributed by atoms with Gasteiger partial charge in [0.05, 0.1) is 12.5 Å². The van der Waals surface area contributed by atoms with Crippen LogP contribution in [0, 0.1) is 5.92 Å². The van der Waals surface area contributed by atoms with Crippen molar-refractivity contribution in [3.05, 3.63) is 48.1 Å². The molecule has 0 aliphatic carbocycles. The standard InChI is InChI=1S/C14H17N3O3/c1-11(7-15-8-13-16-10-20-17-13)14(18)19-9-12-5-3-2-4-6-12/h2-6,10-11,15H,7-9H2,1H3. The van der Waals surface area contributed by atoms with E-state index in [1.807, 2.05) is 37.3 Å². The van der Waals surface area contributed by atoms with Crippen molar-refractivity contribution < 1.29 is 14.1 Å². The van der Waals surface area contributed by atoms with Gasteiger partial charge >= 0.3 is 5.97 Å². The van der Waals surface area contributed by atoms with Crippen molar-refractivity contribution in [2.45, 2.75) is 20.1 Å². The van der Waals surface area contributed by atoms with Crippen molar-refractivity contribution in [3.8, 4) is 0 Å². The average Bonchev–Trinajstić information content (AvgIpc) is 2.99. The smallest absolute Gasteiger partial charge is 0.310 e. The van der Waals surface area contributed by atoms with E-state index in [4.69, 9.17) is 4.74 Å². The van der Waals surface area contributed by atoms with Gasteiger partial charge in [-0.25, -0.2) is 0 Å². The molecule has 1 N–H and O–H groups in total. The Hall–Kier alpha value is -2.21. The molecule has 6 heteroatoms. The summed E-state index contributed by atoms with van der Waals surface area (Å²) in [4.78, 5) is 15.7. The lowest BCUT2D eigenvalue weighted by Crippen LogP contribution is -2.27. The third kappa shape index (κ3) is 4.47. The zero-order chi connectivity index (χ0) is 14.2. The number of carbonyl (C=O) groups excluding carboxylic acids is 1. The molecule has 1 aromatic carbocycles. The first kappa shape index (κ1) is 14.2. The van der Waals surface area contributed by atoms with Crippen molar-refractivity contribution in [2.24, 2.45) is 5.92 Å². The van der Waals surface area contributed by atoms with Crippen LogP contribution in [0.15, 0.2) is 41.2 Å². The first-order valence-electron chi connectivity index (χ1n) is 6.42. The molecular formula is C14H17N3O3. The topological polar surface area (TPSA) is 77.3 Å². The number of hydrogen-bond donors (Lipinski definition) is 1. The van der Waals surface area contributed by atoms with Gasteiger partial charge in [0.2, 0.25) is 6.39 Å². The molecule has 0 saturated heterocycles. The van der Waals surface area contributed by atoms with Crippen LogP contribution < -0.4 is 5.32 Å². The maximum absolute atomic E-state index is 11.8. The maximum Gasteiger partial charge on any atom is 0.310 e. The molecule has 1 heterocycles. The Morgan fingerprint density at radius 2 is 2.20 bits per heavy atom. The minimum atomic E-state index is -0.231. The summed E-state index contributed by atoms with van der Waals surface area (Å²) in [6.07, 6.45) is 1.27. The highest BCUT2D eigenvalue weighted by atomic mass is 16.5. The molecule has 1 unspecified atom stereocenters. The summed E-state index contributed by atoms with van der Waals surface area (Å²) in [7, 11) is 0. The second-order valence-corrected chi connectivity index (χ2v) is 4.47. The molecule has 0 fully saturated rings. The predicted molar refractivity (Wildman–Crippen MR) is 71.4 cm³/mol. The average molecular weight is 275 g/mol. The van der Waals surface area contributed by atoms with E-state index in [9.17, 15) is 4.79 Å². The molecule has 6 nitrogen and oxygen atoms in total. The van der Waals surface area contributed by atoms with Gasteiger partial charge in [-0.1, -0.05) is 42.4 Å². The summed E-state index contributed by atoms with van der Waals surface area (Å²) in [5, 5.41) is 6.75. The number of nitrogens with zero attached hydrogens (tertiary/aromatic N) is 2. The molecule has 2 aromatic rings. The molecule has 0 radical (unpaired) electrons. The normalized spacial score (nSPS) is 12.1. The van der Waals surface area contributed by atoms with Crippen LogP contribution in [0.2, 0.25) is 0 Å². The van der Waals surface area contributed by atoms with Gasteiger partial charge in [0, 0.05) is 6.54 Å². The Balaban J connectivity index is 1.66. The van der Waals surface area contributed by atoms with E-state index >= 15 is 0 Å². The van der Waals surface area contributed by atoms with Gasteiger partial charge in [0.1, 0.15) is 6.61 Å². The fourth-order valence-corrected chi connectivity index (χ4v) is 1.63. The lowest BCUT2D eigenvalue weighted by molar-refractivity contribution is -0.149. The highest BCUT2D eigenvalue weighted by molar-refractivity contribution is 5.72. The van der Waals surface area contributed by atoms with Gasteiger partial charge in [-0.3, -0.25) is 4.79 Å². The Morgan fingerprint density at radius 1 is 1.40 bits per heavy atom. The first-order chi connectivity index (χ1) is 9.75. The zero-order valence-corrected chi connectivity index (χ0v) is 11.3. The molecule has 1 aromatic heterocycles. The largest absolute Gasteiger partial charge is 0.461 e. The monoisotopic (exact) mass is 275 g/mol. The summed E-state index contributed by atoms with van der Waals surface area (Å²) in [6, 6.07) is 9.60. The molecule has 0 saturated carbocycles. The van der Waals surface area contributed by atoms with Gasteiger partial charge in [-0.15, -0.1) is 0 Å². The Labute approximate surface area is 117 Å². The maximum atomic E-state index is 11.8. The summed E-state index contributed by atoms with van der Waals surface area (Å²) < 4.78 is 9.86. The van der Waals surface area contributed by atoms with E-state index in [1.165, 1.54) is 6.39 Å². The SMILES string of the molecule is CC(CNCc1ncon1)C(=O)OCc1ccccc1. The Bertz CT molecular complexity index is 514. The molecule has 106 valence electrons. The number of aromatic nitrogens is 2. The van der Waals surface area contributed by atoms with Crippen LogP contribution in [-0.2, 0) is 22.7 Å². The lowest BCUT2D eigenvalue weighted by Gasteiger charge is -2.11. The van der Waals surface area contributed by atoms with Crippen LogP contribution in [0.25, 0.3) is 0 Å². The number of nitrogens with one attached hydrogen (secondary N) is 1. The highest BCUT2D eigenvalue weighted by Gasteiger charge is 2.14. The van der Waals surface area contributed by atoms with Gasteiger partial charge < -0.3 is 14.6 Å². The summed E-state index contributed by atoms with van der Waals surface area (Å²) in [6.45, 7) is 3.08. The minimum Gasteiger partial charge on any atom is -0.461 e. The van der Waals surface area contributed by atoms with Gasteiger partial charge in [-0.05, 0) is 5.56 Å².